The molecule has 1 aromatic carbocycles. The van der Waals surface area contributed by atoms with E-state index in [-0.39, 0.29) is 12.1 Å². The first kappa shape index (κ1) is 14.4. The second-order valence-electron chi connectivity index (χ2n) is 4.77. The highest BCUT2D eigenvalue weighted by atomic mass is 79.9. The van der Waals surface area contributed by atoms with E-state index in [1.54, 1.807) is 11.3 Å². The van der Waals surface area contributed by atoms with Crippen molar-refractivity contribution in [2.24, 2.45) is 0 Å². The molecular weight excluding hydrogens is 358 g/mol. The largest absolute Gasteiger partial charge is 0.488 e. The van der Waals surface area contributed by atoms with E-state index in [4.69, 9.17) is 16.3 Å². The third-order valence-corrected chi connectivity index (χ3v) is 6.00. The van der Waals surface area contributed by atoms with Gasteiger partial charge in [0, 0.05) is 11.3 Å². The summed E-state index contributed by atoms with van der Waals surface area (Å²) in [6.45, 7) is 3.01. The molecule has 0 spiro atoms. The molecule has 0 bridgehead atoms. The Morgan fingerprint density at radius 3 is 2.95 bits per heavy atom. The fourth-order valence-corrected chi connectivity index (χ4v) is 4.42. The van der Waals surface area contributed by atoms with Gasteiger partial charge in [-0.05, 0) is 40.2 Å². The smallest absolute Gasteiger partial charge is 0.123 e. The summed E-state index contributed by atoms with van der Waals surface area (Å²) < 4.78 is 7.09. The third-order valence-electron chi connectivity index (χ3n) is 3.44. The van der Waals surface area contributed by atoms with Gasteiger partial charge in [-0.25, -0.2) is 0 Å². The highest BCUT2D eigenvalue weighted by molar-refractivity contribution is 9.11. The molecule has 2 heterocycles. The van der Waals surface area contributed by atoms with E-state index in [0.29, 0.717) is 0 Å². The van der Waals surface area contributed by atoms with E-state index in [2.05, 4.69) is 40.3 Å². The molecular formula is C15H15BrClNOS. The minimum atomic E-state index is 0.119. The Hall–Kier alpha value is -0.550. The first-order valence-electron chi connectivity index (χ1n) is 6.61. The minimum Gasteiger partial charge on any atom is -0.488 e. The molecule has 5 heteroatoms. The summed E-state index contributed by atoms with van der Waals surface area (Å²) in [5.41, 5.74) is 1.28. The molecule has 2 atom stereocenters. The maximum Gasteiger partial charge on any atom is 0.123 e. The third kappa shape index (κ3) is 2.75. The fourth-order valence-electron chi connectivity index (χ4n) is 2.55. The maximum absolute atomic E-state index is 6.16. The van der Waals surface area contributed by atoms with Gasteiger partial charge < -0.3 is 10.1 Å². The van der Waals surface area contributed by atoms with Crippen LogP contribution in [0.3, 0.4) is 0 Å². The van der Waals surface area contributed by atoms with Gasteiger partial charge in [-0.3, -0.25) is 0 Å². The van der Waals surface area contributed by atoms with Crippen molar-refractivity contribution in [2.45, 2.75) is 25.5 Å². The number of thiophene rings is 1. The molecule has 3 rings (SSSR count). The van der Waals surface area contributed by atoms with Crippen molar-refractivity contribution in [3.8, 4) is 5.75 Å². The topological polar surface area (TPSA) is 21.3 Å². The summed E-state index contributed by atoms with van der Waals surface area (Å²) in [7, 11) is 0. The van der Waals surface area contributed by atoms with E-state index >= 15 is 0 Å². The number of benzene rings is 1. The van der Waals surface area contributed by atoms with Gasteiger partial charge in [-0.1, -0.05) is 36.7 Å². The normalized spacial score (nSPS) is 18.6. The van der Waals surface area contributed by atoms with Crippen LogP contribution in [0.1, 0.15) is 23.4 Å². The van der Waals surface area contributed by atoms with Crippen LogP contribution in [0, 0.1) is 0 Å². The van der Waals surface area contributed by atoms with Crippen LogP contribution in [0.15, 0.2) is 34.1 Å². The number of likely N-dealkylation sites (N-methyl/N-ethyl adjacent to an activating group) is 1. The summed E-state index contributed by atoms with van der Waals surface area (Å²) in [6, 6.07) is 10.4. The predicted octanol–water partition coefficient (Wildman–Crippen LogP) is 4.82. The highest BCUT2D eigenvalue weighted by Gasteiger charge is 2.32. The number of halogens is 2. The number of para-hydroxylation sites is 1. The fraction of sp³-hybridized carbons (Fsp3) is 0.333. The summed E-state index contributed by atoms with van der Waals surface area (Å²) in [6.07, 6.45) is 1.05. The lowest BCUT2D eigenvalue weighted by Gasteiger charge is -2.23. The van der Waals surface area contributed by atoms with Crippen LogP contribution in [-0.2, 0) is 6.42 Å². The molecule has 0 fully saturated rings. The van der Waals surface area contributed by atoms with Crippen molar-refractivity contribution in [1.29, 1.82) is 0 Å². The molecule has 2 unspecified atom stereocenters. The van der Waals surface area contributed by atoms with Crippen LogP contribution in [-0.4, -0.2) is 12.6 Å². The van der Waals surface area contributed by atoms with Gasteiger partial charge in [0.15, 0.2) is 0 Å². The summed E-state index contributed by atoms with van der Waals surface area (Å²) in [4.78, 5) is 1.21. The zero-order valence-electron chi connectivity index (χ0n) is 11.0. The Bertz CT molecular complexity index is 571. The Kier molecular flexibility index (Phi) is 4.36. The molecule has 1 aliphatic rings. The number of nitrogens with one attached hydrogen (secondary N) is 1. The van der Waals surface area contributed by atoms with Crippen molar-refractivity contribution in [2.75, 3.05) is 6.54 Å². The van der Waals surface area contributed by atoms with Gasteiger partial charge in [0.2, 0.25) is 0 Å². The van der Waals surface area contributed by atoms with Crippen molar-refractivity contribution >= 4 is 38.9 Å². The van der Waals surface area contributed by atoms with E-state index < -0.39 is 0 Å². The second-order valence-corrected chi connectivity index (χ2v) is 7.58. The Labute approximate surface area is 136 Å². The molecule has 0 saturated carbocycles. The number of rotatable bonds is 4. The maximum atomic E-state index is 6.16. The second kappa shape index (κ2) is 6.06. The van der Waals surface area contributed by atoms with Gasteiger partial charge in [-0.2, -0.15) is 0 Å². The van der Waals surface area contributed by atoms with Crippen LogP contribution in [0.2, 0.25) is 5.02 Å². The SMILES string of the molecule is CCNC(c1cc(Cl)c(Br)s1)C1Cc2ccccc2O1. The molecule has 106 valence electrons. The molecule has 1 aliphatic heterocycles. The molecule has 0 saturated heterocycles. The lowest BCUT2D eigenvalue weighted by Crippen LogP contribution is -2.34. The number of hydrogen-bond donors (Lipinski definition) is 1. The first-order valence-corrected chi connectivity index (χ1v) is 8.60. The molecule has 20 heavy (non-hydrogen) atoms. The molecule has 2 aromatic rings. The molecule has 1 aromatic heterocycles. The Balaban J connectivity index is 1.86. The highest BCUT2D eigenvalue weighted by Crippen LogP contribution is 2.40. The van der Waals surface area contributed by atoms with Crippen molar-refractivity contribution in [1.82, 2.24) is 5.32 Å². The zero-order valence-corrected chi connectivity index (χ0v) is 14.2. The Morgan fingerprint density at radius 1 is 1.50 bits per heavy atom. The van der Waals surface area contributed by atoms with Crippen LogP contribution in [0.5, 0.6) is 5.75 Å². The van der Waals surface area contributed by atoms with Gasteiger partial charge in [0.1, 0.15) is 11.9 Å². The first-order chi connectivity index (χ1) is 9.69. The van der Waals surface area contributed by atoms with E-state index in [9.17, 15) is 0 Å². The lowest BCUT2D eigenvalue weighted by atomic mass is 10.0. The number of fused-ring (bicyclic) bond motifs is 1. The van der Waals surface area contributed by atoms with Gasteiger partial charge in [0.25, 0.3) is 0 Å². The van der Waals surface area contributed by atoms with Crippen molar-refractivity contribution in [3.05, 3.63) is 49.6 Å². The van der Waals surface area contributed by atoms with Gasteiger partial charge in [-0.15, -0.1) is 11.3 Å². The Morgan fingerprint density at radius 2 is 2.30 bits per heavy atom. The van der Waals surface area contributed by atoms with Crippen LogP contribution in [0.4, 0.5) is 0 Å². The van der Waals surface area contributed by atoms with Crippen LogP contribution in [0.25, 0.3) is 0 Å². The zero-order chi connectivity index (χ0) is 14.1. The van der Waals surface area contributed by atoms with Crippen LogP contribution < -0.4 is 10.1 Å². The lowest BCUT2D eigenvalue weighted by molar-refractivity contribution is 0.181. The van der Waals surface area contributed by atoms with Crippen LogP contribution >= 0.6 is 38.9 Å². The average molecular weight is 373 g/mol. The number of hydrogen-bond acceptors (Lipinski definition) is 3. The standard InChI is InChI=1S/C15H15BrClNOS/c1-2-18-14(13-8-10(17)15(16)20-13)12-7-9-5-3-4-6-11(9)19-12/h3-6,8,12,14,18H,2,7H2,1H3. The molecule has 0 aliphatic carbocycles. The molecule has 0 amide bonds. The van der Waals surface area contributed by atoms with Crippen molar-refractivity contribution < 1.29 is 4.74 Å². The van der Waals surface area contributed by atoms with E-state index in [0.717, 1.165) is 27.5 Å². The van der Waals surface area contributed by atoms with Crippen molar-refractivity contribution in [3.63, 3.8) is 0 Å². The molecule has 1 N–H and O–H groups in total. The monoisotopic (exact) mass is 371 g/mol. The van der Waals surface area contributed by atoms with E-state index in [1.165, 1.54) is 10.4 Å². The van der Waals surface area contributed by atoms with Gasteiger partial charge in [0.05, 0.1) is 14.9 Å². The summed E-state index contributed by atoms with van der Waals surface area (Å²) in [5.74, 6) is 1.00. The average Bonchev–Trinajstić information content (AvgIpc) is 3.00. The summed E-state index contributed by atoms with van der Waals surface area (Å²) >= 11 is 11.3. The predicted molar refractivity (Wildman–Crippen MR) is 88.0 cm³/mol. The molecule has 0 radical (unpaired) electrons. The quantitative estimate of drug-likeness (QED) is 0.831. The van der Waals surface area contributed by atoms with E-state index in [1.807, 2.05) is 18.2 Å². The number of ether oxygens (including phenoxy) is 1. The van der Waals surface area contributed by atoms with Gasteiger partial charge >= 0.3 is 0 Å². The molecule has 2 nitrogen and oxygen atoms in total. The summed E-state index contributed by atoms with van der Waals surface area (Å²) in [5, 5.41) is 4.29. The minimum absolute atomic E-state index is 0.119.